The van der Waals surface area contributed by atoms with E-state index in [4.69, 9.17) is 5.11 Å². The van der Waals surface area contributed by atoms with Crippen molar-refractivity contribution in [2.45, 2.75) is 6.42 Å². The van der Waals surface area contributed by atoms with Gasteiger partial charge in [0.1, 0.15) is 5.82 Å². The van der Waals surface area contributed by atoms with Crippen LogP contribution in [-0.4, -0.2) is 47.1 Å². The highest BCUT2D eigenvalue weighted by molar-refractivity contribution is 5.94. The van der Waals surface area contributed by atoms with Crippen molar-refractivity contribution in [3.05, 3.63) is 48.7 Å². The van der Waals surface area contributed by atoms with Crippen molar-refractivity contribution >= 4 is 17.8 Å². The standard InChI is InChI=1S/C18H19N3O3/c1-20(17(22)15-8-10-21(12-15)18(23)24)16-11-14(7-9-19-16)13-5-3-2-4-6-13/h2-7,9,11,15H,8,10,12H2,1H3,(H,23,24). The Kier molecular flexibility index (Phi) is 4.46. The monoisotopic (exact) mass is 325 g/mol. The summed E-state index contributed by atoms with van der Waals surface area (Å²) in [6.45, 7) is 0.647. The van der Waals surface area contributed by atoms with E-state index in [1.54, 1.807) is 13.2 Å². The molecule has 0 bridgehead atoms. The summed E-state index contributed by atoms with van der Waals surface area (Å²) in [4.78, 5) is 30.7. The van der Waals surface area contributed by atoms with Crippen LogP contribution in [0.4, 0.5) is 10.6 Å². The van der Waals surface area contributed by atoms with E-state index < -0.39 is 6.09 Å². The molecular weight excluding hydrogens is 306 g/mol. The van der Waals surface area contributed by atoms with Gasteiger partial charge in [0, 0.05) is 26.3 Å². The molecule has 6 heteroatoms. The van der Waals surface area contributed by atoms with Crippen LogP contribution in [0.15, 0.2) is 48.7 Å². The molecule has 0 aliphatic carbocycles. The molecule has 24 heavy (non-hydrogen) atoms. The van der Waals surface area contributed by atoms with Gasteiger partial charge in [-0.3, -0.25) is 9.69 Å². The van der Waals surface area contributed by atoms with Crippen molar-refractivity contribution in [2.24, 2.45) is 5.92 Å². The molecule has 2 heterocycles. The maximum atomic E-state index is 12.6. The van der Waals surface area contributed by atoms with E-state index in [9.17, 15) is 9.59 Å². The molecule has 0 radical (unpaired) electrons. The van der Waals surface area contributed by atoms with Gasteiger partial charge in [-0.25, -0.2) is 9.78 Å². The molecule has 2 amide bonds. The summed E-state index contributed by atoms with van der Waals surface area (Å²) in [6.07, 6.45) is 1.25. The van der Waals surface area contributed by atoms with Gasteiger partial charge >= 0.3 is 6.09 Å². The molecule has 1 aliphatic heterocycles. The molecule has 3 rings (SSSR count). The summed E-state index contributed by atoms with van der Waals surface area (Å²) in [7, 11) is 1.68. The smallest absolute Gasteiger partial charge is 0.407 e. The number of likely N-dealkylation sites (tertiary alicyclic amines) is 1. The molecule has 1 aliphatic rings. The molecule has 6 nitrogen and oxygen atoms in total. The molecule has 0 saturated carbocycles. The maximum absolute atomic E-state index is 12.6. The lowest BCUT2D eigenvalue weighted by molar-refractivity contribution is -0.121. The molecule has 1 unspecified atom stereocenters. The number of hydrogen-bond acceptors (Lipinski definition) is 3. The number of aromatic nitrogens is 1. The minimum atomic E-state index is -0.975. The normalized spacial score (nSPS) is 16.9. The number of carboxylic acid groups (broad SMARTS) is 1. The van der Waals surface area contributed by atoms with E-state index in [-0.39, 0.29) is 18.4 Å². The van der Waals surface area contributed by atoms with Crippen LogP contribution in [0.2, 0.25) is 0 Å². The molecule has 1 saturated heterocycles. The second-order valence-corrected chi connectivity index (χ2v) is 5.88. The fourth-order valence-electron chi connectivity index (χ4n) is 2.93. The Morgan fingerprint density at radius 3 is 2.62 bits per heavy atom. The molecule has 1 N–H and O–H groups in total. The van der Waals surface area contributed by atoms with Crippen LogP contribution in [0.5, 0.6) is 0 Å². The maximum Gasteiger partial charge on any atom is 0.407 e. The Balaban J connectivity index is 1.77. The predicted octanol–water partition coefficient (Wildman–Crippen LogP) is 2.71. The topological polar surface area (TPSA) is 73.7 Å². The first kappa shape index (κ1) is 16.0. The number of benzene rings is 1. The number of carbonyl (C=O) groups excluding carboxylic acids is 1. The SMILES string of the molecule is CN(C(=O)C1CCN(C(=O)O)C1)c1cc(-c2ccccc2)ccn1. The van der Waals surface area contributed by atoms with Gasteiger partial charge in [0.15, 0.2) is 0 Å². The third kappa shape index (κ3) is 3.22. The van der Waals surface area contributed by atoms with Crippen LogP contribution in [0.1, 0.15) is 6.42 Å². The van der Waals surface area contributed by atoms with Crippen LogP contribution < -0.4 is 4.90 Å². The first-order chi connectivity index (χ1) is 11.6. The zero-order chi connectivity index (χ0) is 17.1. The predicted molar refractivity (Wildman–Crippen MR) is 90.8 cm³/mol. The van der Waals surface area contributed by atoms with E-state index in [0.717, 1.165) is 11.1 Å². The van der Waals surface area contributed by atoms with E-state index in [0.29, 0.717) is 18.8 Å². The summed E-state index contributed by atoms with van der Waals surface area (Å²) in [6, 6.07) is 13.7. The summed E-state index contributed by atoms with van der Waals surface area (Å²) in [5, 5.41) is 9.02. The Labute approximate surface area is 140 Å². The van der Waals surface area contributed by atoms with Crippen molar-refractivity contribution in [1.29, 1.82) is 0 Å². The highest BCUT2D eigenvalue weighted by Crippen LogP contribution is 2.25. The number of pyridine rings is 1. The number of amides is 2. The summed E-state index contributed by atoms with van der Waals surface area (Å²) in [5.41, 5.74) is 2.04. The summed E-state index contributed by atoms with van der Waals surface area (Å²) in [5.74, 6) is 0.153. The van der Waals surface area contributed by atoms with Gasteiger partial charge in [0.2, 0.25) is 5.91 Å². The third-order valence-electron chi connectivity index (χ3n) is 4.33. The van der Waals surface area contributed by atoms with Crippen LogP contribution >= 0.6 is 0 Å². The highest BCUT2D eigenvalue weighted by Gasteiger charge is 2.33. The van der Waals surface area contributed by atoms with Crippen molar-refractivity contribution in [2.75, 3.05) is 25.0 Å². The van der Waals surface area contributed by atoms with Gasteiger partial charge in [0.25, 0.3) is 0 Å². The number of hydrogen-bond donors (Lipinski definition) is 1. The molecule has 1 aromatic carbocycles. The van der Waals surface area contributed by atoms with Gasteiger partial charge in [0.05, 0.1) is 5.92 Å². The number of carbonyl (C=O) groups is 2. The summed E-state index contributed by atoms with van der Waals surface area (Å²) >= 11 is 0. The lowest BCUT2D eigenvalue weighted by atomic mass is 10.1. The largest absolute Gasteiger partial charge is 0.465 e. The average molecular weight is 325 g/mol. The molecule has 0 spiro atoms. The molecular formula is C18H19N3O3. The molecule has 1 atom stereocenters. The highest BCUT2D eigenvalue weighted by atomic mass is 16.4. The van der Waals surface area contributed by atoms with Crippen molar-refractivity contribution in [1.82, 2.24) is 9.88 Å². The molecule has 1 aromatic heterocycles. The number of rotatable bonds is 3. The summed E-state index contributed by atoms with van der Waals surface area (Å²) < 4.78 is 0. The van der Waals surface area contributed by atoms with Crippen molar-refractivity contribution < 1.29 is 14.7 Å². The van der Waals surface area contributed by atoms with E-state index in [1.165, 1.54) is 9.80 Å². The lowest BCUT2D eigenvalue weighted by Crippen LogP contribution is -2.36. The van der Waals surface area contributed by atoms with Crippen molar-refractivity contribution in [3.63, 3.8) is 0 Å². The zero-order valence-electron chi connectivity index (χ0n) is 13.4. The average Bonchev–Trinajstić information content (AvgIpc) is 3.12. The quantitative estimate of drug-likeness (QED) is 0.941. The number of nitrogens with zero attached hydrogens (tertiary/aromatic N) is 3. The Bertz CT molecular complexity index is 748. The van der Waals surface area contributed by atoms with Crippen LogP contribution in [0.25, 0.3) is 11.1 Å². The molecule has 124 valence electrons. The van der Waals surface area contributed by atoms with E-state index in [2.05, 4.69) is 4.98 Å². The molecule has 2 aromatic rings. The van der Waals surface area contributed by atoms with Crippen LogP contribution in [-0.2, 0) is 4.79 Å². The Hall–Kier alpha value is -2.89. The van der Waals surface area contributed by atoms with E-state index in [1.807, 2.05) is 42.5 Å². The van der Waals surface area contributed by atoms with Gasteiger partial charge in [-0.1, -0.05) is 30.3 Å². The second kappa shape index (κ2) is 6.70. The lowest BCUT2D eigenvalue weighted by Gasteiger charge is -2.20. The van der Waals surface area contributed by atoms with E-state index >= 15 is 0 Å². The van der Waals surface area contributed by atoms with Crippen LogP contribution in [0, 0.1) is 5.92 Å². The Morgan fingerprint density at radius 1 is 1.21 bits per heavy atom. The Morgan fingerprint density at radius 2 is 1.96 bits per heavy atom. The van der Waals surface area contributed by atoms with Crippen molar-refractivity contribution in [3.8, 4) is 11.1 Å². The fourth-order valence-corrected chi connectivity index (χ4v) is 2.93. The first-order valence-corrected chi connectivity index (χ1v) is 7.83. The van der Waals surface area contributed by atoms with Gasteiger partial charge < -0.3 is 10.0 Å². The van der Waals surface area contributed by atoms with Gasteiger partial charge in [-0.2, -0.15) is 0 Å². The minimum absolute atomic E-state index is 0.100. The third-order valence-corrected chi connectivity index (χ3v) is 4.33. The number of anilines is 1. The molecule has 1 fully saturated rings. The fraction of sp³-hybridized carbons (Fsp3) is 0.278. The second-order valence-electron chi connectivity index (χ2n) is 5.88. The minimum Gasteiger partial charge on any atom is -0.465 e. The van der Waals surface area contributed by atoms with Gasteiger partial charge in [-0.15, -0.1) is 0 Å². The van der Waals surface area contributed by atoms with Crippen LogP contribution in [0.3, 0.4) is 0 Å². The van der Waals surface area contributed by atoms with Gasteiger partial charge in [-0.05, 0) is 29.7 Å². The first-order valence-electron chi connectivity index (χ1n) is 7.83. The zero-order valence-corrected chi connectivity index (χ0v) is 13.4.